The molecular formula is C46H82. The summed E-state index contributed by atoms with van der Waals surface area (Å²) in [4.78, 5) is 0. The predicted octanol–water partition coefficient (Wildman–Crippen LogP) is 15.4. The van der Waals surface area contributed by atoms with Gasteiger partial charge in [0.05, 0.1) is 0 Å². The van der Waals surface area contributed by atoms with Crippen molar-refractivity contribution in [2.45, 2.75) is 200 Å². The zero-order valence-electron chi connectivity index (χ0n) is 34.1. The molecule has 0 radical (unpaired) electrons. The van der Waals surface area contributed by atoms with Gasteiger partial charge in [-0.05, 0) is 116 Å². The Morgan fingerprint density at radius 3 is 1.89 bits per heavy atom. The zero-order valence-corrected chi connectivity index (χ0v) is 34.1. The summed E-state index contributed by atoms with van der Waals surface area (Å²) in [5.74, 6) is 1.49. The molecule has 1 fully saturated rings. The second-order valence-electron chi connectivity index (χ2n) is 15.0. The molecule has 0 aromatic heterocycles. The fourth-order valence-electron chi connectivity index (χ4n) is 7.65. The van der Waals surface area contributed by atoms with Gasteiger partial charge in [0.15, 0.2) is 0 Å². The molecule has 0 amide bonds. The molecule has 1 saturated carbocycles. The highest BCUT2D eigenvalue weighted by molar-refractivity contribution is 5.48. The molecule has 2 atom stereocenters. The van der Waals surface area contributed by atoms with Crippen LogP contribution < -0.4 is 0 Å². The molecule has 266 valence electrons. The molecule has 0 nitrogen and oxygen atoms in total. The Kier molecular flexibility index (Phi) is 23.8. The number of hydrogen-bond donors (Lipinski definition) is 0. The van der Waals surface area contributed by atoms with Gasteiger partial charge >= 0.3 is 0 Å². The Labute approximate surface area is 292 Å². The van der Waals surface area contributed by atoms with Crippen molar-refractivity contribution in [2.75, 3.05) is 0 Å². The number of benzene rings is 1. The summed E-state index contributed by atoms with van der Waals surface area (Å²) in [7, 11) is 0. The van der Waals surface area contributed by atoms with E-state index >= 15 is 0 Å². The Morgan fingerprint density at radius 1 is 0.891 bits per heavy atom. The average molecular weight is 635 g/mol. The van der Waals surface area contributed by atoms with Crippen molar-refractivity contribution in [2.24, 2.45) is 22.2 Å². The number of hydrogen-bond acceptors (Lipinski definition) is 0. The van der Waals surface area contributed by atoms with Crippen LogP contribution in [-0.2, 0) is 12.8 Å². The van der Waals surface area contributed by atoms with Gasteiger partial charge in [-0.15, -0.1) is 12.8 Å². The SMILES string of the molecule is C#C.C=C(CC)C1(CC)CCCC1.CC.CC.CCC(C)C.CCCCCc1cc(C)c2c(c1)CC(C)(C)C1(C)CCC(C)=CC21. The second-order valence-corrected chi connectivity index (χ2v) is 15.0. The van der Waals surface area contributed by atoms with Crippen LogP contribution in [0, 0.1) is 41.9 Å². The molecule has 3 aliphatic carbocycles. The molecule has 0 N–H and O–H groups in total. The Hall–Kier alpha value is -1.74. The van der Waals surface area contributed by atoms with Crippen LogP contribution >= 0.6 is 0 Å². The molecule has 46 heavy (non-hydrogen) atoms. The fraction of sp³-hybridized carbons (Fsp3) is 0.739. The minimum Gasteiger partial charge on any atom is -0.124 e. The van der Waals surface area contributed by atoms with Crippen LogP contribution in [0.3, 0.4) is 0 Å². The van der Waals surface area contributed by atoms with Gasteiger partial charge in [0, 0.05) is 5.92 Å². The predicted molar refractivity (Wildman–Crippen MR) is 214 cm³/mol. The fourth-order valence-corrected chi connectivity index (χ4v) is 7.65. The molecule has 1 aromatic rings. The number of aryl methyl sites for hydroxylation is 2. The Bertz CT molecular complexity index is 1010. The maximum absolute atomic E-state index is 4.20. The molecule has 0 saturated heterocycles. The van der Waals surface area contributed by atoms with E-state index in [2.05, 4.69) is 114 Å². The molecule has 0 bridgehead atoms. The summed E-state index contributed by atoms with van der Waals surface area (Å²) in [6, 6.07) is 5.04. The van der Waals surface area contributed by atoms with Crippen molar-refractivity contribution in [3.63, 3.8) is 0 Å². The number of rotatable bonds is 8. The third-order valence-electron chi connectivity index (χ3n) is 11.5. The van der Waals surface area contributed by atoms with Gasteiger partial charge in [-0.2, -0.15) is 0 Å². The molecule has 3 aliphatic rings. The van der Waals surface area contributed by atoms with Crippen LogP contribution in [0.25, 0.3) is 0 Å². The zero-order chi connectivity index (χ0) is 36.1. The first kappa shape index (κ1) is 46.4. The van der Waals surface area contributed by atoms with E-state index in [9.17, 15) is 0 Å². The van der Waals surface area contributed by atoms with Crippen molar-refractivity contribution < 1.29 is 0 Å². The second kappa shape index (κ2) is 23.6. The quantitative estimate of drug-likeness (QED) is 0.152. The van der Waals surface area contributed by atoms with Gasteiger partial charge in [0.2, 0.25) is 0 Å². The van der Waals surface area contributed by atoms with Crippen LogP contribution in [0.15, 0.2) is 35.9 Å². The highest BCUT2D eigenvalue weighted by Crippen LogP contribution is 2.61. The largest absolute Gasteiger partial charge is 0.124 e. The Balaban J connectivity index is 0. The standard InChI is InChI=1S/C24H36.C11H20.C5H12.2C2H6.C2H2/c1-7-8-9-10-19-14-18(3)22-20(15-19)16-23(4,5)24(6)12-11-17(2)13-21(22)24;1-4-10(3)11(5-2)8-6-7-9-11;1-4-5(2)3;3*1-2/h13-15,21H,7-12,16H2,1-6H3;3-9H2,1-2H3;5H,4H2,1-3H3;2*1-2H3;1-2H. The highest BCUT2D eigenvalue weighted by Gasteiger charge is 2.51. The molecule has 0 spiro atoms. The molecule has 1 aromatic carbocycles. The van der Waals surface area contributed by atoms with Gasteiger partial charge in [-0.25, -0.2) is 0 Å². The van der Waals surface area contributed by atoms with Gasteiger partial charge in [-0.3, -0.25) is 0 Å². The number of fused-ring (bicyclic) bond motifs is 3. The lowest BCUT2D eigenvalue weighted by atomic mass is 9.49. The summed E-state index contributed by atoms with van der Waals surface area (Å²) in [5, 5.41) is 0. The normalized spacial score (nSPS) is 21.3. The summed E-state index contributed by atoms with van der Waals surface area (Å²) >= 11 is 0. The van der Waals surface area contributed by atoms with E-state index in [1.165, 1.54) is 101 Å². The van der Waals surface area contributed by atoms with Crippen LogP contribution in [0.1, 0.15) is 202 Å². The lowest BCUT2D eigenvalue weighted by Crippen LogP contribution is -2.46. The van der Waals surface area contributed by atoms with Crippen LogP contribution in [0.2, 0.25) is 0 Å². The monoisotopic (exact) mass is 635 g/mol. The van der Waals surface area contributed by atoms with E-state index in [0.717, 1.165) is 5.92 Å². The number of unbranched alkanes of at least 4 members (excludes halogenated alkanes) is 2. The third-order valence-corrected chi connectivity index (χ3v) is 11.5. The highest BCUT2D eigenvalue weighted by atomic mass is 14.5. The molecule has 0 heterocycles. The van der Waals surface area contributed by atoms with E-state index in [1.807, 2.05) is 27.7 Å². The molecule has 0 aliphatic heterocycles. The first-order valence-corrected chi connectivity index (χ1v) is 19.6. The van der Waals surface area contributed by atoms with Crippen molar-refractivity contribution >= 4 is 0 Å². The summed E-state index contributed by atoms with van der Waals surface area (Å²) in [5.41, 5.74) is 10.8. The van der Waals surface area contributed by atoms with Crippen molar-refractivity contribution in [3.05, 3.63) is 58.2 Å². The number of terminal acetylenes is 1. The minimum absolute atomic E-state index is 0.371. The van der Waals surface area contributed by atoms with Gasteiger partial charge in [0.25, 0.3) is 0 Å². The number of allylic oxidation sites excluding steroid dienone is 3. The van der Waals surface area contributed by atoms with Crippen molar-refractivity contribution in [1.29, 1.82) is 0 Å². The topological polar surface area (TPSA) is 0 Å². The minimum atomic E-state index is 0.371. The Morgan fingerprint density at radius 2 is 1.43 bits per heavy atom. The molecular weight excluding hydrogens is 553 g/mol. The van der Waals surface area contributed by atoms with Crippen LogP contribution in [0.4, 0.5) is 0 Å². The van der Waals surface area contributed by atoms with Crippen molar-refractivity contribution in [3.8, 4) is 12.8 Å². The third kappa shape index (κ3) is 12.7. The first-order valence-electron chi connectivity index (χ1n) is 19.6. The maximum atomic E-state index is 4.20. The van der Waals surface area contributed by atoms with E-state index < -0.39 is 0 Å². The van der Waals surface area contributed by atoms with E-state index in [-0.39, 0.29) is 0 Å². The lowest BCUT2D eigenvalue weighted by Gasteiger charge is -2.55. The van der Waals surface area contributed by atoms with Gasteiger partial charge in [0.1, 0.15) is 0 Å². The van der Waals surface area contributed by atoms with E-state index in [0.29, 0.717) is 22.2 Å². The van der Waals surface area contributed by atoms with Crippen LogP contribution in [0.5, 0.6) is 0 Å². The summed E-state index contributed by atoms with van der Waals surface area (Å²) < 4.78 is 0. The summed E-state index contributed by atoms with van der Waals surface area (Å²) in [6.07, 6.45) is 29.1. The average Bonchev–Trinajstić information content (AvgIpc) is 3.55. The smallest absolute Gasteiger partial charge is 0.00850 e. The summed E-state index contributed by atoms with van der Waals surface area (Å²) in [6.45, 7) is 37.9. The maximum Gasteiger partial charge on any atom is 0.00850 e. The van der Waals surface area contributed by atoms with Crippen LogP contribution in [-0.4, -0.2) is 0 Å². The molecule has 0 heteroatoms. The lowest BCUT2D eigenvalue weighted by molar-refractivity contribution is 0.0419. The van der Waals surface area contributed by atoms with E-state index in [4.69, 9.17) is 0 Å². The van der Waals surface area contributed by atoms with Gasteiger partial charge < -0.3 is 0 Å². The van der Waals surface area contributed by atoms with E-state index in [1.54, 1.807) is 22.3 Å². The van der Waals surface area contributed by atoms with Crippen molar-refractivity contribution in [1.82, 2.24) is 0 Å². The first-order chi connectivity index (χ1) is 21.8. The molecule has 2 unspecified atom stereocenters. The van der Waals surface area contributed by atoms with Gasteiger partial charge in [-0.1, -0.05) is 158 Å². The molecule has 4 rings (SSSR count).